The average Bonchev–Trinajstić information content (AvgIpc) is 3.20. The molecule has 0 unspecified atom stereocenters. The first-order valence-corrected chi connectivity index (χ1v) is 17.0. The maximum Gasteiger partial charge on any atom is 0.342 e. The van der Waals surface area contributed by atoms with Crippen LogP contribution in [0.3, 0.4) is 0 Å². The third kappa shape index (κ3) is 4.13. The molecule has 6 nitrogen and oxygen atoms in total. The van der Waals surface area contributed by atoms with Crippen LogP contribution in [0.1, 0.15) is 42.9 Å². The molecule has 0 saturated heterocycles. The molecule has 0 aromatic heterocycles. The van der Waals surface area contributed by atoms with Gasteiger partial charge in [-0.15, -0.1) is 0 Å². The number of ketones is 1. The zero-order valence-corrected chi connectivity index (χ0v) is 23.3. The van der Waals surface area contributed by atoms with E-state index >= 15 is 0 Å². The number of ether oxygens (including phenoxy) is 1. The van der Waals surface area contributed by atoms with Crippen molar-refractivity contribution in [3.63, 3.8) is 0 Å². The van der Waals surface area contributed by atoms with E-state index in [-0.39, 0.29) is 18.8 Å². The predicted molar refractivity (Wildman–Crippen MR) is 142 cm³/mol. The summed E-state index contributed by atoms with van der Waals surface area (Å²) in [6.07, 6.45) is 4.94. The highest BCUT2D eigenvalue weighted by molar-refractivity contribution is 9.09. The molecule has 186 valence electrons. The molecule has 0 radical (unpaired) electrons. The first-order valence-electron chi connectivity index (χ1n) is 12.5. The van der Waals surface area contributed by atoms with Crippen molar-refractivity contribution in [2.75, 3.05) is 11.9 Å². The van der Waals surface area contributed by atoms with Gasteiger partial charge in [0, 0.05) is 31.1 Å². The van der Waals surface area contributed by atoms with Gasteiger partial charge in [-0.25, -0.2) is 4.79 Å². The van der Waals surface area contributed by atoms with Crippen molar-refractivity contribution in [1.29, 1.82) is 0 Å². The molecule has 3 aliphatic heterocycles. The molecule has 0 amide bonds. The van der Waals surface area contributed by atoms with Gasteiger partial charge >= 0.3 is 5.97 Å². The number of aryl methyl sites for hydroxylation is 1. The molecule has 2 N–H and O–H groups in total. The second-order valence-corrected chi connectivity index (χ2v) is 16.9. The summed E-state index contributed by atoms with van der Waals surface area (Å²) in [6, 6.07) is 9.07. The monoisotopic (exact) mass is 556 g/mol. The molecule has 3 heterocycles. The number of allylic oxidation sites excluding steroid dienone is 2. The lowest BCUT2D eigenvalue weighted by atomic mass is 9.78. The molecule has 0 fully saturated rings. The number of hydrogen-bond donors (Lipinski definition) is 2. The number of carbonyl (C=O) groups is 2. The molecule has 8 heteroatoms. The Hall–Kier alpha value is -2.16. The van der Waals surface area contributed by atoms with Gasteiger partial charge in [-0.2, -0.15) is 0 Å². The lowest BCUT2D eigenvalue weighted by Crippen LogP contribution is -2.48. The number of alkyl halides is 1. The SMILES string of the molecule is CC[C@@]1(O)C(=O)OCC2=C1CC1=C(C2=O)N2Cc3c(cccc3CC[Si](C)(C)CCCBr)C=C2N1. The van der Waals surface area contributed by atoms with Crippen LogP contribution < -0.4 is 5.32 Å². The topological polar surface area (TPSA) is 78.9 Å². The summed E-state index contributed by atoms with van der Waals surface area (Å²) in [5.74, 6) is 0.0677. The van der Waals surface area contributed by atoms with Crippen LogP contribution >= 0.6 is 15.9 Å². The van der Waals surface area contributed by atoms with Crippen LogP contribution in [-0.4, -0.2) is 47.4 Å². The minimum atomic E-state index is -1.73. The lowest BCUT2D eigenvalue weighted by Gasteiger charge is -2.36. The van der Waals surface area contributed by atoms with E-state index in [4.69, 9.17) is 4.74 Å². The first kappa shape index (κ1) is 24.5. The standard InChI is InChI=1S/C27H33BrN2O4Si/c1-4-27(33)21-14-22-24(25(31)20(21)16-34-26(27)32)30-15-19-17(9-12-35(2,3)11-6-10-28)7-5-8-18(19)13-23(30)29-22/h5,7-8,13,29,33H,4,6,9-12,14-16H2,1-3H3/t27-/m0/s1. The Balaban J connectivity index is 1.42. The quantitative estimate of drug-likeness (QED) is 0.290. The molecule has 4 aliphatic rings. The number of halogens is 1. The van der Waals surface area contributed by atoms with Crippen molar-refractivity contribution < 1.29 is 19.4 Å². The van der Waals surface area contributed by atoms with Crippen molar-refractivity contribution >= 4 is 41.8 Å². The zero-order valence-electron chi connectivity index (χ0n) is 20.7. The molecule has 0 bridgehead atoms. The Labute approximate surface area is 216 Å². The smallest absolute Gasteiger partial charge is 0.342 e. The van der Waals surface area contributed by atoms with Gasteiger partial charge in [-0.3, -0.25) is 4.79 Å². The second kappa shape index (κ2) is 9.05. The maximum atomic E-state index is 13.6. The number of benzene rings is 1. The summed E-state index contributed by atoms with van der Waals surface area (Å²) >= 11 is 3.57. The molecule has 1 aromatic carbocycles. The number of Topliss-reactive ketones (excluding diaryl/α,β-unsaturated/α-hetero) is 1. The Bertz CT molecular complexity index is 1200. The van der Waals surface area contributed by atoms with Gasteiger partial charge in [0.25, 0.3) is 0 Å². The van der Waals surface area contributed by atoms with Crippen LogP contribution in [0, 0.1) is 0 Å². The number of cyclic esters (lactones) is 1. The fourth-order valence-corrected chi connectivity index (χ4v) is 8.87. The summed E-state index contributed by atoms with van der Waals surface area (Å²) in [5.41, 5.74) is 4.40. The molecule has 35 heavy (non-hydrogen) atoms. The molecular formula is C27H33BrN2O4Si. The molecule has 1 aliphatic carbocycles. The number of hydrogen-bond acceptors (Lipinski definition) is 6. The number of nitrogens with one attached hydrogen (secondary N) is 1. The summed E-state index contributed by atoms with van der Waals surface area (Å²) in [4.78, 5) is 28.1. The fourth-order valence-electron chi connectivity index (χ4n) is 5.75. The number of aliphatic hydroxyl groups is 1. The van der Waals surface area contributed by atoms with E-state index in [2.05, 4.69) is 63.5 Å². The van der Waals surface area contributed by atoms with Crippen molar-refractivity contribution in [3.05, 3.63) is 63.3 Å². The van der Waals surface area contributed by atoms with Crippen LogP contribution in [-0.2, 0) is 27.3 Å². The van der Waals surface area contributed by atoms with E-state index in [1.807, 2.05) is 0 Å². The highest BCUT2D eigenvalue weighted by Crippen LogP contribution is 2.44. The van der Waals surface area contributed by atoms with Crippen LogP contribution in [0.15, 0.2) is 46.6 Å². The molecule has 0 spiro atoms. The number of esters is 1. The predicted octanol–water partition coefficient (Wildman–Crippen LogP) is 4.62. The van der Waals surface area contributed by atoms with Crippen LogP contribution in [0.25, 0.3) is 6.08 Å². The number of carbonyl (C=O) groups excluding carboxylic acids is 2. The minimum absolute atomic E-state index is 0.0745. The molecule has 5 rings (SSSR count). The van der Waals surface area contributed by atoms with Gasteiger partial charge in [0.2, 0.25) is 5.78 Å². The summed E-state index contributed by atoms with van der Waals surface area (Å²) in [6.45, 7) is 7.26. The van der Waals surface area contributed by atoms with Gasteiger partial charge < -0.3 is 20.1 Å². The van der Waals surface area contributed by atoms with Gasteiger partial charge in [0.15, 0.2) is 5.60 Å². The number of nitrogens with zero attached hydrogens (tertiary/aromatic N) is 1. The van der Waals surface area contributed by atoms with Crippen LogP contribution in [0.4, 0.5) is 0 Å². The van der Waals surface area contributed by atoms with Gasteiger partial charge in [0.1, 0.15) is 18.1 Å². The number of fused-ring (bicyclic) bond motifs is 3. The van der Waals surface area contributed by atoms with Crippen molar-refractivity contribution in [3.8, 4) is 0 Å². The van der Waals surface area contributed by atoms with Crippen molar-refractivity contribution in [2.45, 2.75) is 69.9 Å². The van der Waals surface area contributed by atoms with Gasteiger partial charge in [-0.1, -0.05) is 66.2 Å². The summed E-state index contributed by atoms with van der Waals surface area (Å²) in [7, 11) is -1.27. The zero-order chi connectivity index (χ0) is 25.0. The van der Waals surface area contributed by atoms with E-state index in [0.29, 0.717) is 29.8 Å². The van der Waals surface area contributed by atoms with E-state index in [0.717, 1.165) is 23.3 Å². The highest BCUT2D eigenvalue weighted by Gasteiger charge is 2.51. The van der Waals surface area contributed by atoms with Crippen molar-refractivity contribution in [2.24, 2.45) is 0 Å². The molecule has 1 atom stereocenters. The molecule has 0 saturated carbocycles. The largest absolute Gasteiger partial charge is 0.458 e. The average molecular weight is 558 g/mol. The van der Waals surface area contributed by atoms with Crippen molar-refractivity contribution in [1.82, 2.24) is 10.2 Å². The Morgan fingerprint density at radius 2 is 2.06 bits per heavy atom. The highest BCUT2D eigenvalue weighted by atomic mass is 79.9. The van der Waals surface area contributed by atoms with Crippen LogP contribution in [0.2, 0.25) is 25.2 Å². The molecule has 1 aromatic rings. The Kier molecular flexibility index (Phi) is 6.34. The number of rotatable bonds is 7. The van der Waals surface area contributed by atoms with E-state index < -0.39 is 19.6 Å². The lowest BCUT2D eigenvalue weighted by molar-refractivity contribution is -0.163. The second-order valence-electron chi connectivity index (χ2n) is 10.8. The summed E-state index contributed by atoms with van der Waals surface area (Å²) in [5, 5.41) is 15.5. The Morgan fingerprint density at radius 1 is 1.26 bits per heavy atom. The molecular weight excluding hydrogens is 524 g/mol. The van der Waals surface area contributed by atoms with E-state index in [9.17, 15) is 14.7 Å². The third-order valence-corrected chi connectivity index (χ3v) is 11.9. The van der Waals surface area contributed by atoms with E-state index in [1.165, 1.54) is 35.2 Å². The van der Waals surface area contributed by atoms with Crippen LogP contribution in [0.5, 0.6) is 0 Å². The summed E-state index contributed by atoms with van der Waals surface area (Å²) < 4.78 is 5.23. The normalized spacial score (nSPS) is 23.3. The first-order chi connectivity index (χ1) is 16.7. The fraction of sp³-hybridized carbons (Fsp3) is 0.481. The third-order valence-electron chi connectivity index (χ3n) is 8.00. The van der Waals surface area contributed by atoms with Gasteiger partial charge in [0.05, 0.1) is 6.54 Å². The maximum absolute atomic E-state index is 13.6. The van der Waals surface area contributed by atoms with Gasteiger partial charge in [-0.05, 0) is 47.6 Å². The minimum Gasteiger partial charge on any atom is -0.458 e. The Morgan fingerprint density at radius 3 is 2.80 bits per heavy atom. The van der Waals surface area contributed by atoms with E-state index in [1.54, 1.807) is 6.92 Å².